The van der Waals surface area contributed by atoms with E-state index in [0.717, 1.165) is 21.1 Å². The second-order valence-corrected chi connectivity index (χ2v) is 12.8. The molecule has 0 bridgehead atoms. The normalized spacial score (nSPS) is 13.7. The van der Waals surface area contributed by atoms with Crippen LogP contribution in [0.15, 0.2) is 48.5 Å². The quantitative estimate of drug-likeness (QED) is 0.418. The van der Waals surface area contributed by atoms with Gasteiger partial charge in [-0.3, -0.25) is 5.32 Å². The minimum atomic E-state index is -3.90. The molecule has 4 amide bonds. The van der Waals surface area contributed by atoms with Crippen molar-refractivity contribution in [3.8, 4) is 5.69 Å². The van der Waals surface area contributed by atoms with Gasteiger partial charge in [-0.05, 0) is 53.9 Å². The first-order valence-corrected chi connectivity index (χ1v) is 14.1. The molecule has 3 N–H and O–H groups in total. The molecule has 0 unspecified atom stereocenters. The molecule has 2 aromatic carbocycles. The number of hydrogen-bond donors (Lipinski definition) is 3. The number of carbonyl (C=O) groups is 2. The van der Waals surface area contributed by atoms with E-state index in [1.54, 1.807) is 28.9 Å². The van der Waals surface area contributed by atoms with Crippen LogP contribution >= 0.6 is 11.6 Å². The van der Waals surface area contributed by atoms with E-state index in [1.807, 2.05) is 45.0 Å². The van der Waals surface area contributed by atoms with E-state index in [4.69, 9.17) is 16.7 Å². The number of urea groups is 2. The Kier molecular flexibility index (Phi) is 7.92. The number of rotatable bonds is 5. The first-order valence-electron chi connectivity index (χ1n) is 12.3. The van der Waals surface area contributed by atoms with E-state index in [-0.39, 0.29) is 12.0 Å². The second kappa shape index (κ2) is 10.9. The molecule has 4 rings (SSSR count). The molecule has 3 aromatic rings. The Morgan fingerprint density at radius 3 is 2.33 bits per heavy atom. The first kappa shape index (κ1) is 28.4. The SMILES string of the molecule is CN(C)S(=O)(=O)NC(=O)N1CCc2ccc(-n3nc(C(C)(C)C)cc3NC(=O)Nc3ccc(Cl)cc3)cc2C1. The van der Waals surface area contributed by atoms with Gasteiger partial charge in [-0.2, -0.15) is 17.8 Å². The van der Waals surface area contributed by atoms with E-state index in [9.17, 15) is 18.0 Å². The van der Waals surface area contributed by atoms with Crippen molar-refractivity contribution in [3.63, 3.8) is 0 Å². The third-order valence-corrected chi connectivity index (χ3v) is 7.90. The summed E-state index contributed by atoms with van der Waals surface area (Å²) in [4.78, 5) is 26.9. The fraction of sp³-hybridized carbons (Fsp3) is 0.346. The van der Waals surface area contributed by atoms with Crippen molar-refractivity contribution < 1.29 is 18.0 Å². The van der Waals surface area contributed by atoms with E-state index in [2.05, 4.69) is 15.4 Å². The summed E-state index contributed by atoms with van der Waals surface area (Å²) < 4.78 is 28.9. The summed E-state index contributed by atoms with van der Waals surface area (Å²) in [5, 5.41) is 11.0. The van der Waals surface area contributed by atoms with Crippen molar-refractivity contribution in [2.24, 2.45) is 0 Å². The highest BCUT2D eigenvalue weighted by molar-refractivity contribution is 7.87. The number of fused-ring (bicyclic) bond motifs is 1. The standard InChI is InChI=1S/C26H32ClN7O4S/c1-26(2,3)22-15-23(29-24(35)28-20-9-7-19(27)8-10-20)34(30-22)21-11-6-17-12-13-33(16-18(17)14-21)25(36)31-39(37,38)32(4)5/h6-11,14-15H,12-13,16H2,1-5H3,(H,31,36)(H2,28,29,35). The van der Waals surface area contributed by atoms with Crippen LogP contribution < -0.4 is 15.4 Å². The van der Waals surface area contributed by atoms with Crippen molar-refractivity contribution in [3.05, 3.63) is 70.4 Å². The fourth-order valence-corrected chi connectivity index (χ4v) is 4.62. The predicted molar refractivity (Wildman–Crippen MR) is 152 cm³/mol. The van der Waals surface area contributed by atoms with Crippen LogP contribution in [0.4, 0.5) is 21.1 Å². The van der Waals surface area contributed by atoms with Gasteiger partial charge in [-0.15, -0.1) is 0 Å². The Morgan fingerprint density at radius 2 is 1.69 bits per heavy atom. The topological polar surface area (TPSA) is 129 Å². The first-order chi connectivity index (χ1) is 18.2. The summed E-state index contributed by atoms with van der Waals surface area (Å²) in [5.74, 6) is 0.467. The maximum atomic E-state index is 12.8. The zero-order chi connectivity index (χ0) is 28.5. The highest BCUT2D eigenvalue weighted by atomic mass is 35.5. The summed E-state index contributed by atoms with van der Waals surface area (Å²) in [6.07, 6.45) is 0.575. The molecule has 0 radical (unpaired) electrons. The summed E-state index contributed by atoms with van der Waals surface area (Å²) in [6.45, 7) is 6.70. The van der Waals surface area contributed by atoms with Gasteiger partial charge in [0.15, 0.2) is 0 Å². The van der Waals surface area contributed by atoms with Crippen LogP contribution in [0, 0.1) is 0 Å². The molecule has 1 aliphatic rings. The van der Waals surface area contributed by atoms with Crippen molar-refractivity contribution >= 4 is 45.4 Å². The highest BCUT2D eigenvalue weighted by Crippen LogP contribution is 2.29. The lowest BCUT2D eigenvalue weighted by molar-refractivity contribution is 0.198. The smallest absolute Gasteiger partial charge is 0.319 e. The largest absolute Gasteiger partial charge is 0.332 e. The number of nitrogens with one attached hydrogen (secondary N) is 3. The molecule has 2 heterocycles. The van der Waals surface area contributed by atoms with E-state index < -0.39 is 22.3 Å². The van der Waals surface area contributed by atoms with Crippen molar-refractivity contribution in [1.29, 1.82) is 0 Å². The van der Waals surface area contributed by atoms with Gasteiger partial charge in [0, 0.05) is 49.4 Å². The molecule has 0 spiro atoms. The van der Waals surface area contributed by atoms with Gasteiger partial charge < -0.3 is 10.2 Å². The predicted octanol–water partition coefficient (Wildman–Crippen LogP) is 4.34. The average molecular weight is 574 g/mol. The molecular weight excluding hydrogens is 542 g/mol. The number of amides is 4. The highest BCUT2D eigenvalue weighted by Gasteiger charge is 2.27. The van der Waals surface area contributed by atoms with Crippen LogP contribution in [0.3, 0.4) is 0 Å². The zero-order valence-electron chi connectivity index (χ0n) is 22.4. The maximum absolute atomic E-state index is 12.8. The molecule has 0 aliphatic carbocycles. The molecule has 1 aliphatic heterocycles. The molecule has 208 valence electrons. The molecule has 0 atom stereocenters. The van der Waals surface area contributed by atoms with E-state index in [0.29, 0.717) is 35.2 Å². The number of hydrogen-bond acceptors (Lipinski definition) is 5. The number of halogens is 1. The molecule has 0 saturated heterocycles. The summed E-state index contributed by atoms with van der Waals surface area (Å²) in [5.41, 5.74) is 3.68. The minimum Gasteiger partial charge on any atom is -0.319 e. The van der Waals surface area contributed by atoms with Gasteiger partial charge in [0.25, 0.3) is 0 Å². The molecular formula is C26H32ClN7O4S. The Balaban J connectivity index is 1.60. The lowest BCUT2D eigenvalue weighted by Gasteiger charge is -2.29. The average Bonchev–Trinajstić information content (AvgIpc) is 3.28. The molecule has 1 aromatic heterocycles. The van der Waals surface area contributed by atoms with Gasteiger partial charge in [-0.25, -0.2) is 19.0 Å². The maximum Gasteiger partial charge on any atom is 0.332 e. The molecule has 39 heavy (non-hydrogen) atoms. The van der Waals surface area contributed by atoms with Crippen LogP contribution in [0.5, 0.6) is 0 Å². The Bertz CT molecular complexity index is 1500. The van der Waals surface area contributed by atoms with E-state index >= 15 is 0 Å². The van der Waals surface area contributed by atoms with Crippen molar-refractivity contribution in [1.82, 2.24) is 23.7 Å². The van der Waals surface area contributed by atoms with Crippen LogP contribution in [-0.4, -0.2) is 60.1 Å². The molecule has 0 fully saturated rings. The number of nitrogens with zero attached hydrogens (tertiary/aromatic N) is 4. The minimum absolute atomic E-state index is 0.227. The number of benzene rings is 2. The third-order valence-electron chi connectivity index (χ3n) is 6.25. The molecule has 13 heteroatoms. The van der Waals surface area contributed by atoms with E-state index in [1.165, 1.54) is 19.0 Å². The zero-order valence-corrected chi connectivity index (χ0v) is 24.0. The number of carbonyl (C=O) groups excluding carboxylic acids is 2. The Morgan fingerprint density at radius 1 is 1.00 bits per heavy atom. The van der Waals surface area contributed by atoms with Gasteiger partial charge in [0.2, 0.25) is 0 Å². The van der Waals surface area contributed by atoms with Crippen molar-refractivity contribution in [2.75, 3.05) is 31.3 Å². The molecule has 11 nitrogen and oxygen atoms in total. The lowest BCUT2D eigenvalue weighted by Crippen LogP contribution is -2.48. The van der Waals surface area contributed by atoms with Gasteiger partial charge in [0.05, 0.1) is 11.4 Å². The number of anilines is 2. The Labute approximate surface area is 233 Å². The number of aromatic nitrogens is 2. The molecule has 0 saturated carbocycles. The van der Waals surface area contributed by atoms with Crippen LogP contribution in [0.2, 0.25) is 5.02 Å². The summed E-state index contributed by atoms with van der Waals surface area (Å²) in [7, 11) is -1.20. The van der Waals surface area contributed by atoms with Gasteiger partial charge >= 0.3 is 22.3 Å². The van der Waals surface area contributed by atoms with Crippen LogP contribution in [0.1, 0.15) is 37.6 Å². The van der Waals surface area contributed by atoms with Gasteiger partial charge in [-0.1, -0.05) is 38.4 Å². The summed E-state index contributed by atoms with van der Waals surface area (Å²) >= 11 is 5.94. The third kappa shape index (κ3) is 6.70. The van der Waals surface area contributed by atoms with Crippen molar-refractivity contribution in [2.45, 2.75) is 39.2 Å². The Hall–Kier alpha value is -3.61. The fourth-order valence-electron chi connectivity index (χ4n) is 3.96. The lowest BCUT2D eigenvalue weighted by atomic mass is 9.92. The summed E-state index contributed by atoms with van der Waals surface area (Å²) in [6, 6.07) is 13.3. The second-order valence-electron chi connectivity index (χ2n) is 10.5. The van der Waals surface area contributed by atoms with Crippen LogP contribution in [0.25, 0.3) is 5.69 Å². The monoisotopic (exact) mass is 573 g/mol. The van der Waals surface area contributed by atoms with Gasteiger partial charge in [0.1, 0.15) is 5.82 Å². The van der Waals surface area contributed by atoms with Crippen LogP contribution in [-0.2, 0) is 28.6 Å².